The molecule has 0 aliphatic carbocycles. The van der Waals surface area contributed by atoms with Crippen LogP contribution in [0, 0.1) is 0 Å². The number of amides is 2. The van der Waals surface area contributed by atoms with E-state index in [9.17, 15) is 9.59 Å². The van der Waals surface area contributed by atoms with Gasteiger partial charge in [0.05, 0.1) is 6.54 Å². The topological polar surface area (TPSA) is 75.4 Å². The normalized spacial score (nSPS) is 9.73. The zero-order valence-electron chi connectivity index (χ0n) is 13.1. The van der Waals surface area contributed by atoms with Gasteiger partial charge in [-0.1, -0.05) is 37.3 Å². The Kier molecular flexibility index (Phi) is 11.1. The molecule has 3 N–H and O–H groups in total. The van der Waals surface area contributed by atoms with Crippen molar-refractivity contribution in [2.24, 2.45) is 5.73 Å². The molecular weight excluding hydrogens is 302 g/mol. The fourth-order valence-corrected chi connectivity index (χ4v) is 2.03. The molecule has 0 aromatic heterocycles. The molecule has 1 aromatic carbocycles. The van der Waals surface area contributed by atoms with Gasteiger partial charge in [0.1, 0.15) is 0 Å². The van der Waals surface area contributed by atoms with Gasteiger partial charge in [-0.25, -0.2) is 0 Å². The smallest absolute Gasteiger partial charge is 0.242 e. The maximum absolute atomic E-state index is 12.1. The Labute approximate surface area is 138 Å². The summed E-state index contributed by atoms with van der Waals surface area (Å²) in [4.78, 5) is 25.2. The molecule has 0 unspecified atom stereocenters. The first kappa shape index (κ1) is 20.4. The number of carbonyl (C=O) groups excluding carboxylic acids is 2. The fraction of sp³-hybridized carbons (Fsp3) is 0.500. The zero-order valence-corrected chi connectivity index (χ0v) is 13.9. The maximum Gasteiger partial charge on any atom is 0.242 e. The minimum Gasteiger partial charge on any atom is -0.347 e. The van der Waals surface area contributed by atoms with Crippen LogP contribution in [0.4, 0.5) is 0 Å². The van der Waals surface area contributed by atoms with Crippen molar-refractivity contribution in [1.29, 1.82) is 0 Å². The summed E-state index contributed by atoms with van der Waals surface area (Å²) < 4.78 is 0. The first-order valence-corrected chi connectivity index (χ1v) is 7.45. The van der Waals surface area contributed by atoms with Gasteiger partial charge in [0.15, 0.2) is 0 Å². The molecule has 22 heavy (non-hydrogen) atoms. The maximum atomic E-state index is 12.1. The number of nitrogens with two attached hydrogens (primary N) is 1. The van der Waals surface area contributed by atoms with Gasteiger partial charge in [-0.15, -0.1) is 12.4 Å². The van der Waals surface area contributed by atoms with Crippen molar-refractivity contribution in [2.75, 3.05) is 26.2 Å². The molecule has 1 rings (SSSR count). The van der Waals surface area contributed by atoms with Crippen LogP contribution in [0.15, 0.2) is 30.3 Å². The molecule has 0 spiro atoms. The molecule has 124 valence electrons. The van der Waals surface area contributed by atoms with Crippen LogP contribution in [0.25, 0.3) is 0 Å². The molecule has 5 nitrogen and oxygen atoms in total. The Morgan fingerprint density at radius 1 is 1.18 bits per heavy atom. The average Bonchev–Trinajstić information content (AvgIpc) is 2.50. The SMILES string of the molecule is CCCC(=O)NCC(=O)N(CCN)CCc1ccccc1.Cl. The monoisotopic (exact) mass is 327 g/mol. The molecular formula is C16H26ClN3O2. The van der Waals surface area contributed by atoms with E-state index in [0.29, 0.717) is 26.1 Å². The zero-order chi connectivity index (χ0) is 15.5. The molecule has 0 heterocycles. The second-order valence-corrected chi connectivity index (χ2v) is 4.93. The number of nitrogens with zero attached hydrogens (tertiary/aromatic N) is 1. The van der Waals surface area contributed by atoms with Crippen molar-refractivity contribution in [3.63, 3.8) is 0 Å². The Morgan fingerprint density at radius 3 is 2.45 bits per heavy atom. The molecule has 6 heteroatoms. The molecule has 0 fully saturated rings. The van der Waals surface area contributed by atoms with Crippen molar-refractivity contribution >= 4 is 24.2 Å². The van der Waals surface area contributed by atoms with Crippen molar-refractivity contribution in [3.8, 4) is 0 Å². The van der Waals surface area contributed by atoms with Gasteiger partial charge in [-0.2, -0.15) is 0 Å². The Morgan fingerprint density at radius 2 is 1.86 bits per heavy atom. The summed E-state index contributed by atoms with van der Waals surface area (Å²) in [5.74, 6) is -0.164. The molecule has 2 amide bonds. The Bertz CT molecular complexity index is 440. The average molecular weight is 328 g/mol. The number of hydrogen-bond acceptors (Lipinski definition) is 3. The summed E-state index contributed by atoms with van der Waals surface area (Å²) in [5.41, 5.74) is 6.74. The van der Waals surface area contributed by atoms with E-state index in [1.54, 1.807) is 4.90 Å². The highest BCUT2D eigenvalue weighted by molar-refractivity contribution is 5.85. The molecule has 0 saturated heterocycles. The summed E-state index contributed by atoms with van der Waals surface area (Å²) >= 11 is 0. The van der Waals surface area contributed by atoms with E-state index in [1.165, 1.54) is 5.56 Å². The summed E-state index contributed by atoms with van der Waals surface area (Å²) in [6, 6.07) is 10.0. The number of nitrogens with one attached hydrogen (secondary N) is 1. The fourth-order valence-electron chi connectivity index (χ4n) is 2.03. The molecule has 0 bridgehead atoms. The van der Waals surface area contributed by atoms with Crippen molar-refractivity contribution in [2.45, 2.75) is 26.2 Å². The first-order chi connectivity index (χ1) is 10.2. The molecule has 0 atom stereocenters. The minimum absolute atomic E-state index is 0. The molecule has 0 aliphatic heterocycles. The van der Waals surface area contributed by atoms with Crippen LogP contribution in [-0.2, 0) is 16.0 Å². The van der Waals surface area contributed by atoms with Crippen LogP contribution in [0.1, 0.15) is 25.3 Å². The van der Waals surface area contributed by atoms with Crippen molar-refractivity contribution < 1.29 is 9.59 Å². The van der Waals surface area contributed by atoms with E-state index < -0.39 is 0 Å². The standard InChI is InChI=1S/C16H25N3O2.ClH/c1-2-6-15(20)18-13-16(21)19(12-10-17)11-9-14-7-4-3-5-8-14;/h3-5,7-8H,2,6,9-13,17H2,1H3,(H,18,20);1H. The van der Waals surface area contributed by atoms with Gasteiger partial charge in [0.25, 0.3) is 0 Å². The van der Waals surface area contributed by atoms with Gasteiger partial charge >= 0.3 is 0 Å². The summed E-state index contributed by atoms with van der Waals surface area (Å²) in [7, 11) is 0. The Balaban J connectivity index is 0.00000441. The highest BCUT2D eigenvalue weighted by Crippen LogP contribution is 2.01. The third-order valence-electron chi connectivity index (χ3n) is 3.18. The lowest BCUT2D eigenvalue weighted by Gasteiger charge is -2.22. The number of carbonyl (C=O) groups is 2. The predicted octanol–water partition coefficient (Wildman–Crippen LogP) is 1.35. The first-order valence-electron chi connectivity index (χ1n) is 7.45. The van der Waals surface area contributed by atoms with Crippen molar-refractivity contribution in [3.05, 3.63) is 35.9 Å². The minimum atomic E-state index is -0.0826. The highest BCUT2D eigenvalue weighted by Gasteiger charge is 2.13. The summed E-state index contributed by atoms with van der Waals surface area (Å²) in [6.45, 7) is 3.53. The lowest BCUT2D eigenvalue weighted by Crippen LogP contribution is -2.43. The van der Waals surface area contributed by atoms with E-state index in [0.717, 1.165) is 12.8 Å². The largest absolute Gasteiger partial charge is 0.347 e. The van der Waals surface area contributed by atoms with E-state index in [2.05, 4.69) is 5.32 Å². The number of halogens is 1. The van der Waals surface area contributed by atoms with Crippen LogP contribution in [0.5, 0.6) is 0 Å². The van der Waals surface area contributed by atoms with Gasteiger partial charge < -0.3 is 16.0 Å². The van der Waals surface area contributed by atoms with Gasteiger partial charge in [-0.3, -0.25) is 9.59 Å². The van der Waals surface area contributed by atoms with Gasteiger partial charge in [0, 0.05) is 26.1 Å². The van der Waals surface area contributed by atoms with Crippen LogP contribution in [-0.4, -0.2) is 42.9 Å². The second-order valence-electron chi connectivity index (χ2n) is 4.93. The molecule has 0 radical (unpaired) electrons. The Hall–Kier alpha value is -1.59. The highest BCUT2D eigenvalue weighted by atomic mass is 35.5. The van der Waals surface area contributed by atoms with E-state index >= 15 is 0 Å². The molecule has 0 aliphatic rings. The lowest BCUT2D eigenvalue weighted by molar-refractivity contribution is -0.132. The third kappa shape index (κ3) is 8.00. The van der Waals surface area contributed by atoms with E-state index in [4.69, 9.17) is 5.73 Å². The third-order valence-corrected chi connectivity index (χ3v) is 3.18. The van der Waals surface area contributed by atoms with E-state index in [1.807, 2.05) is 37.3 Å². The quantitative estimate of drug-likeness (QED) is 0.719. The summed E-state index contributed by atoms with van der Waals surface area (Å²) in [5, 5.41) is 2.65. The number of hydrogen-bond donors (Lipinski definition) is 2. The number of benzene rings is 1. The van der Waals surface area contributed by atoms with Crippen LogP contribution < -0.4 is 11.1 Å². The van der Waals surface area contributed by atoms with Crippen LogP contribution in [0.3, 0.4) is 0 Å². The van der Waals surface area contributed by atoms with Crippen LogP contribution in [0.2, 0.25) is 0 Å². The summed E-state index contributed by atoms with van der Waals surface area (Å²) in [6.07, 6.45) is 2.02. The second kappa shape index (κ2) is 12.0. The number of rotatable bonds is 9. The van der Waals surface area contributed by atoms with Gasteiger partial charge in [0.2, 0.25) is 11.8 Å². The van der Waals surface area contributed by atoms with Crippen LogP contribution >= 0.6 is 12.4 Å². The molecule has 1 aromatic rings. The lowest BCUT2D eigenvalue weighted by atomic mass is 10.1. The van der Waals surface area contributed by atoms with E-state index in [-0.39, 0.29) is 30.8 Å². The van der Waals surface area contributed by atoms with Crippen molar-refractivity contribution in [1.82, 2.24) is 10.2 Å². The predicted molar refractivity (Wildman–Crippen MR) is 90.9 cm³/mol. The molecule has 0 saturated carbocycles. The van der Waals surface area contributed by atoms with Gasteiger partial charge in [-0.05, 0) is 18.4 Å².